The minimum Gasteiger partial charge on any atom is -0.503 e. The molecule has 3 aromatic rings. The van der Waals surface area contributed by atoms with E-state index in [0.29, 0.717) is 0 Å². The minimum absolute atomic E-state index is 0.0586. The number of hydrogen-bond acceptors (Lipinski definition) is 5. The molecule has 0 unspecified atom stereocenters. The Morgan fingerprint density at radius 3 is 2.50 bits per heavy atom. The smallest absolute Gasteiger partial charge is 0.417 e. The van der Waals surface area contributed by atoms with Crippen LogP contribution in [0.4, 0.5) is 29.1 Å². The number of nitrogens with two attached hydrogens (primary N) is 2. The van der Waals surface area contributed by atoms with Crippen molar-refractivity contribution in [2.45, 2.75) is 19.5 Å². The van der Waals surface area contributed by atoms with Gasteiger partial charge in [0, 0.05) is 16.8 Å². The second kappa shape index (κ2) is 7.97. The highest BCUT2D eigenvalue weighted by Gasteiger charge is 2.34. The van der Waals surface area contributed by atoms with Gasteiger partial charge in [-0.25, -0.2) is 19.4 Å². The van der Waals surface area contributed by atoms with Crippen molar-refractivity contribution in [2.24, 2.45) is 10.7 Å². The molecule has 0 fully saturated rings. The van der Waals surface area contributed by atoms with Crippen LogP contribution in [-0.2, 0) is 12.6 Å². The van der Waals surface area contributed by atoms with E-state index in [9.17, 15) is 22.7 Å². The van der Waals surface area contributed by atoms with Crippen molar-refractivity contribution >= 4 is 17.3 Å². The number of amidine groups is 1. The van der Waals surface area contributed by atoms with Crippen molar-refractivity contribution in [3.63, 3.8) is 0 Å². The predicted molar refractivity (Wildman–Crippen MR) is 105 cm³/mol. The molecule has 0 aliphatic carbocycles. The molecule has 0 saturated carbocycles. The monoisotopic (exact) mass is 419 g/mol. The van der Waals surface area contributed by atoms with Crippen LogP contribution in [0.3, 0.4) is 0 Å². The maximum Gasteiger partial charge on any atom is 0.417 e. The lowest BCUT2D eigenvalue weighted by Gasteiger charge is -2.14. The Balaban J connectivity index is 2.20. The Hall–Kier alpha value is -3.69. The van der Waals surface area contributed by atoms with E-state index in [4.69, 9.17) is 11.5 Å². The normalized spacial score (nSPS) is 12.2. The Labute approximate surface area is 168 Å². The molecule has 5 N–H and O–H groups in total. The van der Waals surface area contributed by atoms with Crippen molar-refractivity contribution in [3.05, 3.63) is 65.1 Å². The zero-order valence-corrected chi connectivity index (χ0v) is 15.7. The minimum atomic E-state index is -4.64. The number of benzene rings is 2. The molecule has 0 atom stereocenters. The maximum absolute atomic E-state index is 13.5. The summed E-state index contributed by atoms with van der Waals surface area (Å²) in [6.07, 6.45) is -4.44. The standard InChI is InChI=1S/C20H17F4N5O/c1-2-15-16(30)19(28-17(26)12-9-10(21)7-8-14(12)25)29-18(27-15)11-5-3-4-6-13(11)20(22,23)24/h3-9,30H,2,25H2,1H3,(H2,26,27,28,29). The van der Waals surface area contributed by atoms with E-state index in [1.165, 1.54) is 24.3 Å². The largest absolute Gasteiger partial charge is 0.503 e. The number of nitrogen functional groups attached to an aromatic ring is 1. The molecule has 0 amide bonds. The van der Waals surface area contributed by atoms with Gasteiger partial charge in [0.1, 0.15) is 11.7 Å². The van der Waals surface area contributed by atoms with Crippen molar-refractivity contribution in [1.29, 1.82) is 0 Å². The molecule has 30 heavy (non-hydrogen) atoms. The first-order valence-corrected chi connectivity index (χ1v) is 8.77. The third kappa shape index (κ3) is 4.17. The number of aliphatic imine (C=N–C) groups is 1. The zero-order chi connectivity index (χ0) is 22.1. The number of nitrogens with zero attached hydrogens (tertiary/aromatic N) is 3. The first-order chi connectivity index (χ1) is 14.1. The highest BCUT2D eigenvalue weighted by atomic mass is 19.4. The first kappa shape index (κ1) is 21.0. The van der Waals surface area contributed by atoms with Gasteiger partial charge in [-0.2, -0.15) is 13.2 Å². The van der Waals surface area contributed by atoms with E-state index in [1.807, 2.05) is 0 Å². The molecule has 0 aliphatic rings. The third-order valence-corrected chi connectivity index (χ3v) is 4.26. The molecule has 156 valence electrons. The maximum atomic E-state index is 13.5. The highest BCUT2D eigenvalue weighted by Crippen LogP contribution is 2.38. The van der Waals surface area contributed by atoms with Gasteiger partial charge in [0.25, 0.3) is 0 Å². The summed E-state index contributed by atoms with van der Waals surface area (Å²) in [5.74, 6) is -1.95. The second-order valence-corrected chi connectivity index (χ2v) is 6.29. The summed E-state index contributed by atoms with van der Waals surface area (Å²) in [4.78, 5) is 12.0. The summed E-state index contributed by atoms with van der Waals surface area (Å²) in [5.41, 5.74) is 10.7. The van der Waals surface area contributed by atoms with Gasteiger partial charge in [0.05, 0.1) is 11.3 Å². The summed E-state index contributed by atoms with van der Waals surface area (Å²) in [5, 5.41) is 10.4. The summed E-state index contributed by atoms with van der Waals surface area (Å²) >= 11 is 0. The Morgan fingerprint density at radius 1 is 1.13 bits per heavy atom. The molecule has 3 rings (SSSR count). The van der Waals surface area contributed by atoms with E-state index in [1.54, 1.807) is 6.92 Å². The van der Waals surface area contributed by atoms with Crippen LogP contribution in [0.25, 0.3) is 11.4 Å². The number of aryl methyl sites for hydroxylation is 1. The van der Waals surface area contributed by atoms with Crippen molar-refractivity contribution in [3.8, 4) is 17.1 Å². The lowest BCUT2D eigenvalue weighted by atomic mass is 10.1. The van der Waals surface area contributed by atoms with Crippen LogP contribution in [0, 0.1) is 5.82 Å². The van der Waals surface area contributed by atoms with Crippen LogP contribution in [0.1, 0.15) is 23.7 Å². The number of aromatic hydroxyl groups is 1. The van der Waals surface area contributed by atoms with Crippen molar-refractivity contribution in [2.75, 3.05) is 5.73 Å². The van der Waals surface area contributed by atoms with Gasteiger partial charge in [-0.3, -0.25) is 0 Å². The van der Waals surface area contributed by atoms with Gasteiger partial charge >= 0.3 is 6.18 Å². The zero-order valence-electron chi connectivity index (χ0n) is 15.7. The first-order valence-electron chi connectivity index (χ1n) is 8.77. The van der Waals surface area contributed by atoms with Crippen LogP contribution < -0.4 is 11.5 Å². The molecule has 1 aromatic heterocycles. The molecule has 0 saturated heterocycles. The topological polar surface area (TPSA) is 110 Å². The molecule has 10 heteroatoms. The van der Waals surface area contributed by atoms with Gasteiger partial charge in [-0.15, -0.1) is 0 Å². The molecule has 6 nitrogen and oxygen atoms in total. The van der Waals surface area contributed by atoms with Crippen molar-refractivity contribution < 1.29 is 22.7 Å². The lowest BCUT2D eigenvalue weighted by molar-refractivity contribution is -0.137. The van der Waals surface area contributed by atoms with E-state index in [-0.39, 0.29) is 46.4 Å². The van der Waals surface area contributed by atoms with Crippen molar-refractivity contribution in [1.82, 2.24) is 9.97 Å². The fourth-order valence-electron chi connectivity index (χ4n) is 2.78. The van der Waals surface area contributed by atoms with E-state index in [0.717, 1.165) is 18.2 Å². The number of aromatic nitrogens is 2. The van der Waals surface area contributed by atoms with Gasteiger partial charge in [0.15, 0.2) is 11.6 Å². The molecule has 1 heterocycles. The van der Waals surface area contributed by atoms with Crippen LogP contribution >= 0.6 is 0 Å². The second-order valence-electron chi connectivity index (χ2n) is 6.29. The van der Waals surface area contributed by atoms with E-state index < -0.39 is 23.3 Å². The molecule has 0 aliphatic heterocycles. The Kier molecular flexibility index (Phi) is 5.59. The molecular weight excluding hydrogens is 402 g/mol. The predicted octanol–water partition coefficient (Wildman–Crippen LogP) is 4.19. The molecule has 0 spiro atoms. The van der Waals surface area contributed by atoms with Gasteiger partial charge < -0.3 is 16.6 Å². The molecular formula is C20H17F4N5O. The number of alkyl halides is 3. The number of hydrogen-bond donors (Lipinski definition) is 3. The summed E-state index contributed by atoms with van der Waals surface area (Å²) in [6, 6.07) is 8.25. The molecule has 0 bridgehead atoms. The van der Waals surface area contributed by atoms with Crippen LogP contribution in [0.15, 0.2) is 47.5 Å². The molecule has 0 radical (unpaired) electrons. The van der Waals surface area contributed by atoms with Crippen LogP contribution in [0.5, 0.6) is 5.75 Å². The lowest BCUT2D eigenvalue weighted by Crippen LogP contribution is -2.16. The number of rotatable bonds is 4. The molecule has 2 aromatic carbocycles. The number of anilines is 1. The van der Waals surface area contributed by atoms with Gasteiger partial charge in [-0.1, -0.05) is 25.1 Å². The van der Waals surface area contributed by atoms with E-state index >= 15 is 0 Å². The summed E-state index contributed by atoms with van der Waals surface area (Å²) in [7, 11) is 0. The van der Waals surface area contributed by atoms with Crippen LogP contribution in [0.2, 0.25) is 0 Å². The fraction of sp³-hybridized carbons (Fsp3) is 0.150. The Morgan fingerprint density at radius 2 is 1.83 bits per heavy atom. The SMILES string of the molecule is CCc1nc(-c2ccccc2C(F)(F)F)nc(N=C(N)c2cc(F)ccc2N)c1O. The highest BCUT2D eigenvalue weighted by molar-refractivity contribution is 6.03. The quantitative estimate of drug-likeness (QED) is 0.254. The average molecular weight is 419 g/mol. The fourth-order valence-corrected chi connectivity index (χ4v) is 2.78. The Bertz CT molecular complexity index is 1130. The van der Waals surface area contributed by atoms with E-state index in [2.05, 4.69) is 15.0 Å². The van der Waals surface area contributed by atoms with Crippen LogP contribution in [-0.4, -0.2) is 20.9 Å². The van der Waals surface area contributed by atoms with Gasteiger partial charge in [0.2, 0.25) is 5.82 Å². The van der Waals surface area contributed by atoms with Gasteiger partial charge in [-0.05, 0) is 30.7 Å². The summed E-state index contributed by atoms with van der Waals surface area (Å²) < 4.78 is 53.8. The number of halogens is 4. The third-order valence-electron chi connectivity index (χ3n) is 4.26. The summed E-state index contributed by atoms with van der Waals surface area (Å²) in [6.45, 7) is 1.66. The average Bonchev–Trinajstić information content (AvgIpc) is 2.70.